The Balaban J connectivity index is 2.09. The lowest BCUT2D eigenvalue weighted by molar-refractivity contribution is 1.10. The molecule has 0 atom stereocenters. The van der Waals surface area contributed by atoms with Crippen LogP contribution in [0.4, 0.5) is 17.6 Å². The van der Waals surface area contributed by atoms with Gasteiger partial charge in [-0.05, 0) is 27.4 Å². The molecule has 0 saturated carbocycles. The van der Waals surface area contributed by atoms with E-state index in [4.69, 9.17) is 11.6 Å². The number of hydrogen-bond donors (Lipinski definition) is 4. The van der Waals surface area contributed by atoms with Crippen LogP contribution in [0.25, 0.3) is 0 Å². The predicted octanol–water partition coefficient (Wildman–Crippen LogP) is 1.78. The smallest absolute Gasteiger partial charge is 0.223 e. The number of nitrogens with one attached hydrogen (secondary N) is 2. The van der Waals surface area contributed by atoms with Crippen LogP contribution in [0.1, 0.15) is 4.88 Å². The van der Waals surface area contributed by atoms with E-state index in [1.165, 1.54) is 4.88 Å². The number of hydrazine groups is 1. The van der Waals surface area contributed by atoms with Gasteiger partial charge in [-0.25, -0.2) is 5.84 Å². The molecule has 0 amide bonds. The van der Waals surface area contributed by atoms with Crippen molar-refractivity contribution in [3.05, 3.63) is 26.9 Å². The number of hydrogen-bond acceptors (Lipinski definition) is 7. The molecule has 90 valence electrons. The van der Waals surface area contributed by atoms with E-state index in [0.29, 0.717) is 18.2 Å². The maximum absolute atomic E-state index is 5.55. The molecule has 0 aliphatic heterocycles. The number of nitrogen functional groups attached to an aromatic ring is 2. The number of nitrogens with two attached hydrogens (primary N) is 2. The highest BCUT2D eigenvalue weighted by Crippen LogP contribution is 2.23. The number of anilines is 3. The summed E-state index contributed by atoms with van der Waals surface area (Å²) < 4.78 is 1.08. The van der Waals surface area contributed by atoms with Crippen molar-refractivity contribution in [3.63, 3.8) is 0 Å². The van der Waals surface area contributed by atoms with Gasteiger partial charge in [0.2, 0.25) is 5.95 Å². The molecule has 0 aliphatic rings. The zero-order valence-electron chi connectivity index (χ0n) is 8.77. The monoisotopic (exact) mass is 314 g/mol. The minimum Gasteiger partial charge on any atom is -0.368 e. The highest BCUT2D eigenvalue weighted by Gasteiger charge is 2.04. The van der Waals surface area contributed by atoms with Crippen LogP contribution in [0.15, 0.2) is 22.0 Å². The van der Waals surface area contributed by atoms with Crippen molar-refractivity contribution in [1.82, 2.24) is 9.97 Å². The normalized spacial score (nSPS) is 10.2. The molecule has 2 rings (SSSR count). The highest BCUT2D eigenvalue weighted by atomic mass is 79.9. The van der Waals surface area contributed by atoms with E-state index in [1.54, 1.807) is 17.4 Å². The van der Waals surface area contributed by atoms with Crippen molar-refractivity contribution >= 4 is 44.9 Å². The fraction of sp³-hybridized carbons (Fsp3) is 0.111. The lowest BCUT2D eigenvalue weighted by Gasteiger charge is -2.07. The first-order valence-corrected chi connectivity index (χ1v) is 6.43. The summed E-state index contributed by atoms with van der Waals surface area (Å²) in [5, 5.41) is 5.17. The maximum atomic E-state index is 5.55. The topological polar surface area (TPSA) is 102 Å². The fourth-order valence-electron chi connectivity index (χ4n) is 1.25. The van der Waals surface area contributed by atoms with Gasteiger partial charge in [-0.2, -0.15) is 9.97 Å². The van der Waals surface area contributed by atoms with Gasteiger partial charge in [0.25, 0.3) is 0 Å². The quantitative estimate of drug-likeness (QED) is 0.507. The van der Waals surface area contributed by atoms with Crippen LogP contribution in [-0.2, 0) is 6.54 Å². The number of aromatic nitrogens is 2. The first kappa shape index (κ1) is 12.1. The second-order valence-corrected chi connectivity index (χ2v) is 5.04. The van der Waals surface area contributed by atoms with Crippen molar-refractivity contribution in [3.8, 4) is 0 Å². The predicted molar refractivity (Wildman–Crippen MR) is 73.6 cm³/mol. The van der Waals surface area contributed by atoms with Gasteiger partial charge in [-0.15, -0.1) is 11.3 Å². The van der Waals surface area contributed by atoms with Gasteiger partial charge in [-0.3, -0.25) is 0 Å². The molecule has 2 heterocycles. The summed E-state index contributed by atoms with van der Waals surface area (Å²) in [5.41, 5.74) is 7.98. The van der Waals surface area contributed by atoms with E-state index in [2.05, 4.69) is 36.6 Å². The summed E-state index contributed by atoms with van der Waals surface area (Å²) >= 11 is 5.12. The van der Waals surface area contributed by atoms with Gasteiger partial charge < -0.3 is 16.5 Å². The van der Waals surface area contributed by atoms with E-state index < -0.39 is 0 Å². The van der Waals surface area contributed by atoms with E-state index in [0.717, 1.165) is 4.47 Å². The Morgan fingerprint density at radius 2 is 2.12 bits per heavy atom. The van der Waals surface area contributed by atoms with Crippen molar-refractivity contribution in [1.29, 1.82) is 0 Å². The third kappa shape index (κ3) is 3.05. The fourth-order valence-corrected chi connectivity index (χ4v) is 2.68. The van der Waals surface area contributed by atoms with Crippen molar-refractivity contribution in [2.24, 2.45) is 5.84 Å². The average Bonchev–Trinajstić information content (AvgIpc) is 2.71. The summed E-state index contributed by atoms with van der Waals surface area (Å²) in [6.45, 7) is 0.665. The second kappa shape index (κ2) is 5.30. The zero-order valence-corrected chi connectivity index (χ0v) is 11.2. The van der Waals surface area contributed by atoms with Crippen molar-refractivity contribution in [2.45, 2.75) is 6.54 Å². The molecule has 0 saturated heterocycles. The van der Waals surface area contributed by atoms with Crippen LogP contribution >= 0.6 is 27.3 Å². The van der Waals surface area contributed by atoms with Crippen LogP contribution in [0, 0.1) is 0 Å². The van der Waals surface area contributed by atoms with Gasteiger partial charge in [0.15, 0.2) is 0 Å². The molecule has 6 nitrogen and oxygen atoms in total. The molecule has 8 heteroatoms. The van der Waals surface area contributed by atoms with E-state index >= 15 is 0 Å². The molecule has 0 unspecified atom stereocenters. The molecular formula is C9H11BrN6S. The van der Waals surface area contributed by atoms with E-state index in [1.807, 2.05) is 11.4 Å². The SMILES string of the molecule is NNc1cc(NCc2sccc2Br)nc(N)n1. The van der Waals surface area contributed by atoms with Gasteiger partial charge in [0, 0.05) is 15.4 Å². The van der Waals surface area contributed by atoms with Crippen LogP contribution in [0.2, 0.25) is 0 Å². The Kier molecular flexibility index (Phi) is 3.77. The number of halogens is 1. The molecule has 0 radical (unpaired) electrons. The second-order valence-electron chi connectivity index (χ2n) is 3.19. The van der Waals surface area contributed by atoms with Gasteiger partial charge in [0.1, 0.15) is 11.6 Å². The highest BCUT2D eigenvalue weighted by molar-refractivity contribution is 9.10. The van der Waals surface area contributed by atoms with Crippen LogP contribution < -0.4 is 22.3 Å². The third-order valence-corrected chi connectivity index (χ3v) is 3.94. The van der Waals surface area contributed by atoms with Gasteiger partial charge in [0.05, 0.1) is 6.54 Å². The largest absolute Gasteiger partial charge is 0.368 e. The third-order valence-electron chi connectivity index (χ3n) is 2.01. The molecule has 0 aromatic carbocycles. The van der Waals surface area contributed by atoms with Crippen LogP contribution in [-0.4, -0.2) is 9.97 Å². The summed E-state index contributed by atoms with van der Waals surface area (Å²) in [6.07, 6.45) is 0. The summed E-state index contributed by atoms with van der Waals surface area (Å²) in [5.74, 6) is 6.56. The molecule has 0 bridgehead atoms. The number of nitrogens with zero attached hydrogens (tertiary/aromatic N) is 2. The van der Waals surface area contributed by atoms with Crippen LogP contribution in [0.3, 0.4) is 0 Å². The Morgan fingerprint density at radius 1 is 1.35 bits per heavy atom. The number of thiophene rings is 1. The van der Waals surface area contributed by atoms with Gasteiger partial charge >= 0.3 is 0 Å². The lowest BCUT2D eigenvalue weighted by Crippen LogP contribution is -2.11. The Morgan fingerprint density at radius 3 is 2.76 bits per heavy atom. The Labute approximate surface area is 111 Å². The average molecular weight is 315 g/mol. The Hall–Kier alpha value is -1.38. The molecule has 2 aromatic rings. The molecule has 0 fully saturated rings. The van der Waals surface area contributed by atoms with Crippen molar-refractivity contribution in [2.75, 3.05) is 16.5 Å². The maximum Gasteiger partial charge on any atom is 0.223 e. The van der Waals surface area contributed by atoms with E-state index in [9.17, 15) is 0 Å². The van der Waals surface area contributed by atoms with E-state index in [-0.39, 0.29) is 5.95 Å². The summed E-state index contributed by atoms with van der Waals surface area (Å²) in [4.78, 5) is 9.14. The molecule has 6 N–H and O–H groups in total. The van der Waals surface area contributed by atoms with Crippen molar-refractivity contribution < 1.29 is 0 Å². The minimum absolute atomic E-state index is 0.174. The minimum atomic E-state index is 0.174. The summed E-state index contributed by atoms with van der Waals surface area (Å²) in [6, 6.07) is 3.70. The lowest BCUT2D eigenvalue weighted by atomic mass is 10.4. The summed E-state index contributed by atoms with van der Waals surface area (Å²) in [7, 11) is 0. The molecule has 0 spiro atoms. The number of rotatable bonds is 4. The van der Waals surface area contributed by atoms with Crippen LogP contribution in [0.5, 0.6) is 0 Å². The first-order chi connectivity index (χ1) is 8.19. The molecule has 17 heavy (non-hydrogen) atoms. The molecule has 0 aliphatic carbocycles. The zero-order chi connectivity index (χ0) is 12.3. The molecule has 2 aromatic heterocycles. The first-order valence-electron chi connectivity index (χ1n) is 4.76. The van der Waals surface area contributed by atoms with Gasteiger partial charge in [-0.1, -0.05) is 0 Å². The molecular weight excluding hydrogens is 304 g/mol. The Bertz CT molecular complexity index is 514. The standard InChI is InChI=1S/C9H11BrN6S/c10-5-1-2-17-6(5)4-13-7-3-8(16-12)15-9(11)14-7/h1-3H,4,12H2,(H4,11,13,14,15,16).